The molecule has 10 heteroatoms. The molecule has 1 fully saturated rings. The second-order valence-electron chi connectivity index (χ2n) is 10.5. The van der Waals surface area contributed by atoms with Crippen molar-refractivity contribution in [2.45, 2.75) is 44.2 Å². The number of nitrogens with zero attached hydrogens (tertiary/aromatic N) is 4. The van der Waals surface area contributed by atoms with Crippen LogP contribution in [-0.2, 0) is 11.8 Å². The molecule has 2 amide bonds. The van der Waals surface area contributed by atoms with E-state index in [0.717, 1.165) is 29.7 Å². The highest BCUT2D eigenvalue weighted by Gasteiger charge is 2.30. The van der Waals surface area contributed by atoms with Gasteiger partial charge in [0.1, 0.15) is 17.1 Å². The molecule has 204 valence electrons. The average Bonchev–Trinajstić information content (AvgIpc) is 3.45. The third kappa shape index (κ3) is 5.96. The summed E-state index contributed by atoms with van der Waals surface area (Å²) < 4.78 is 8.17. The highest BCUT2D eigenvalue weighted by atomic mass is 16.5. The van der Waals surface area contributed by atoms with Crippen molar-refractivity contribution in [3.8, 4) is 5.75 Å². The van der Waals surface area contributed by atoms with E-state index in [0.29, 0.717) is 29.8 Å². The summed E-state index contributed by atoms with van der Waals surface area (Å²) in [5.74, 6) is 0.672. The molecule has 3 heterocycles. The number of fused-ring (bicyclic) bond motifs is 1. The zero-order valence-electron chi connectivity index (χ0n) is 22.6. The minimum absolute atomic E-state index is 0.0619. The number of aromatic nitrogens is 2. The summed E-state index contributed by atoms with van der Waals surface area (Å²) in [7, 11) is 4.08. The number of aliphatic imine (C=N–C) groups is 1. The van der Waals surface area contributed by atoms with E-state index in [1.807, 2.05) is 67.1 Å². The molecule has 2 aromatic carbocycles. The SMILES string of the molecule is CN1CCCC1CCNC(=O)c1ccc(Nc2nc3cc(OC4(C)C=CN=C(C(N)=O)C4)ccc3n2C)cc1. The maximum absolute atomic E-state index is 12.6. The van der Waals surface area contributed by atoms with E-state index in [9.17, 15) is 9.59 Å². The second-order valence-corrected chi connectivity index (χ2v) is 10.5. The van der Waals surface area contributed by atoms with E-state index in [1.165, 1.54) is 12.8 Å². The van der Waals surface area contributed by atoms with Crippen molar-refractivity contribution in [2.75, 3.05) is 25.5 Å². The summed E-state index contributed by atoms with van der Waals surface area (Å²) in [6, 6.07) is 13.6. The molecule has 0 radical (unpaired) electrons. The predicted molar refractivity (Wildman–Crippen MR) is 152 cm³/mol. The second kappa shape index (κ2) is 10.9. The van der Waals surface area contributed by atoms with Crippen molar-refractivity contribution in [1.29, 1.82) is 0 Å². The lowest BCUT2D eigenvalue weighted by atomic mass is 9.96. The number of benzene rings is 2. The fraction of sp³-hybridized carbons (Fsp3) is 0.379. The van der Waals surface area contributed by atoms with Gasteiger partial charge in [0.15, 0.2) is 0 Å². The summed E-state index contributed by atoms with van der Waals surface area (Å²) in [6.45, 7) is 3.70. The van der Waals surface area contributed by atoms with Crippen LogP contribution >= 0.6 is 0 Å². The van der Waals surface area contributed by atoms with Gasteiger partial charge in [-0.15, -0.1) is 0 Å². The Morgan fingerprint density at radius 3 is 2.69 bits per heavy atom. The predicted octanol–water partition coefficient (Wildman–Crippen LogP) is 3.51. The molecule has 39 heavy (non-hydrogen) atoms. The molecule has 10 nitrogen and oxygen atoms in total. The van der Waals surface area contributed by atoms with Gasteiger partial charge in [0.25, 0.3) is 11.8 Å². The molecule has 1 aromatic heterocycles. The highest BCUT2D eigenvalue weighted by molar-refractivity contribution is 6.38. The molecule has 0 saturated carbocycles. The Kier molecular flexibility index (Phi) is 7.38. The van der Waals surface area contributed by atoms with Gasteiger partial charge in [-0.3, -0.25) is 14.6 Å². The van der Waals surface area contributed by atoms with Gasteiger partial charge in [0.05, 0.1) is 11.0 Å². The van der Waals surface area contributed by atoms with Crippen LogP contribution in [0.25, 0.3) is 11.0 Å². The van der Waals surface area contributed by atoms with Crippen LogP contribution < -0.4 is 21.1 Å². The van der Waals surface area contributed by atoms with Crippen molar-refractivity contribution in [3.63, 3.8) is 0 Å². The maximum Gasteiger partial charge on any atom is 0.263 e. The van der Waals surface area contributed by atoms with Crippen LogP contribution in [0.1, 0.15) is 43.0 Å². The van der Waals surface area contributed by atoms with Crippen LogP contribution in [0.2, 0.25) is 0 Å². The number of nitrogens with two attached hydrogens (primary N) is 1. The lowest BCUT2D eigenvalue weighted by molar-refractivity contribution is -0.112. The van der Waals surface area contributed by atoms with E-state index in [1.54, 1.807) is 6.20 Å². The van der Waals surface area contributed by atoms with Gasteiger partial charge < -0.3 is 30.6 Å². The Morgan fingerprint density at radius 1 is 1.18 bits per heavy atom. The molecule has 2 aliphatic rings. The first-order valence-corrected chi connectivity index (χ1v) is 13.3. The molecule has 0 spiro atoms. The first-order chi connectivity index (χ1) is 18.7. The van der Waals surface area contributed by atoms with Gasteiger partial charge >= 0.3 is 0 Å². The molecule has 1 saturated heterocycles. The third-order valence-corrected chi connectivity index (χ3v) is 7.50. The topological polar surface area (TPSA) is 127 Å². The first kappa shape index (κ1) is 26.4. The average molecular weight is 530 g/mol. The monoisotopic (exact) mass is 529 g/mol. The Balaban J connectivity index is 1.21. The van der Waals surface area contributed by atoms with Gasteiger partial charge in [0, 0.05) is 49.6 Å². The van der Waals surface area contributed by atoms with Crippen LogP contribution in [0, 0.1) is 0 Å². The number of carbonyl (C=O) groups is 2. The summed E-state index contributed by atoms with van der Waals surface area (Å²) in [5.41, 5.74) is 8.09. The van der Waals surface area contributed by atoms with Gasteiger partial charge in [-0.2, -0.15) is 0 Å². The van der Waals surface area contributed by atoms with Crippen molar-refractivity contribution in [1.82, 2.24) is 19.8 Å². The first-order valence-electron chi connectivity index (χ1n) is 13.3. The fourth-order valence-electron chi connectivity index (χ4n) is 5.20. The zero-order valence-corrected chi connectivity index (χ0v) is 22.6. The number of primary amides is 1. The molecular formula is C29H35N7O3. The fourth-order valence-corrected chi connectivity index (χ4v) is 5.20. The Morgan fingerprint density at radius 2 is 1.97 bits per heavy atom. The number of ether oxygens (including phenoxy) is 1. The largest absolute Gasteiger partial charge is 0.483 e. The third-order valence-electron chi connectivity index (χ3n) is 7.50. The van der Waals surface area contributed by atoms with Crippen LogP contribution in [0.4, 0.5) is 11.6 Å². The standard InChI is InChI=1S/C29H35N7O3/c1-29(13-15-31-24(18-29)26(30)37)39-22-10-11-25-23(17-22)34-28(36(25)3)33-20-8-6-19(7-9-20)27(38)32-14-12-21-5-4-16-35(21)2/h6-11,13,15,17,21H,4-5,12,14,16,18H2,1-3H3,(H2,30,37)(H,32,38)(H,33,34). The van der Waals surface area contributed by atoms with Gasteiger partial charge in [-0.05, 0) is 82.3 Å². The van der Waals surface area contributed by atoms with E-state index >= 15 is 0 Å². The van der Waals surface area contributed by atoms with Gasteiger partial charge in [-0.1, -0.05) is 0 Å². The lowest BCUT2D eigenvalue weighted by Gasteiger charge is -2.29. The summed E-state index contributed by atoms with van der Waals surface area (Å²) >= 11 is 0. The highest BCUT2D eigenvalue weighted by Crippen LogP contribution is 2.30. The lowest BCUT2D eigenvalue weighted by Crippen LogP contribution is -2.39. The van der Waals surface area contributed by atoms with Crippen LogP contribution in [0.5, 0.6) is 5.75 Å². The molecule has 0 bridgehead atoms. The number of anilines is 2. The minimum atomic E-state index is -0.740. The molecule has 2 unspecified atom stereocenters. The van der Waals surface area contributed by atoms with E-state index in [-0.39, 0.29) is 18.0 Å². The number of amides is 2. The number of carbonyl (C=O) groups excluding carboxylic acids is 2. The van der Waals surface area contributed by atoms with Crippen LogP contribution in [0.3, 0.4) is 0 Å². The van der Waals surface area contributed by atoms with Crippen molar-refractivity contribution in [3.05, 3.63) is 60.3 Å². The van der Waals surface area contributed by atoms with Crippen molar-refractivity contribution >= 4 is 40.2 Å². The smallest absolute Gasteiger partial charge is 0.263 e. The number of hydrogen-bond acceptors (Lipinski definition) is 7. The molecule has 2 atom stereocenters. The molecule has 3 aromatic rings. The van der Waals surface area contributed by atoms with E-state index in [4.69, 9.17) is 15.5 Å². The van der Waals surface area contributed by atoms with E-state index in [2.05, 4.69) is 27.6 Å². The number of likely N-dealkylation sites (tertiary alicyclic amines) is 1. The Labute approximate surface area is 227 Å². The Bertz CT molecular complexity index is 1440. The summed E-state index contributed by atoms with van der Waals surface area (Å²) in [6.07, 6.45) is 7.06. The van der Waals surface area contributed by atoms with Crippen molar-refractivity contribution < 1.29 is 14.3 Å². The zero-order chi connectivity index (χ0) is 27.6. The maximum atomic E-state index is 12.6. The summed E-state index contributed by atoms with van der Waals surface area (Å²) in [5, 5.41) is 6.37. The number of rotatable bonds is 9. The van der Waals surface area contributed by atoms with E-state index < -0.39 is 11.5 Å². The molecular weight excluding hydrogens is 494 g/mol. The Hall–Kier alpha value is -4.18. The summed E-state index contributed by atoms with van der Waals surface area (Å²) in [4.78, 5) is 35.3. The number of hydrogen-bond donors (Lipinski definition) is 3. The van der Waals surface area contributed by atoms with Gasteiger partial charge in [-0.25, -0.2) is 4.98 Å². The molecule has 4 N–H and O–H groups in total. The molecule has 0 aliphatic carbocycles. The number of imidazole rings is 1. The quantitative estimate of drug-likeness (QED) is 0.389. The normalized spacial score (nSPS) is 21.1. The minimum Gasteiger partial charge on any atom is -0.483 e. The molecule has 2 aliphatic heterocycles. The molecule has 5 rings (SSSR count). The number of nitrogens with one attached hydrogen (secondary N) is 2. The van der Waals surface area contributed by atoms with Crippen LogP contribution in [-0.4, -0.2) is 63.8 Å². The van der Waals surface area contributed by atoms with Gasteiger partial charge in [0.2, 0.25) is 5.95 Å². The van der Waals surface area contributed by atoms with Crippen molar-refractivity contribution in [2.24, 2.45) is 17.8 Å². The van der Waals surface area contributed by atoms with Crippen LogP contribution in [0.15, 0.2) is 59.7 Å². The number of aryl methyl sites for hydroxylation is 1.